The number of ketones is 1. The normalized spacial score (nSPS) is 17.0. The molecule has 1 saturated heterocycles. The topological polar surface area (TPSA) is 96.8 Å². The second kappa shape index (κ2) is 9.29. The van der Waals surface area contributed by atoms with E-state index in [1.807, 2.05) is 45.0 Å². The fourth-order valence-electron chi connectivity index (χ4n) is 4.59. The van der Waals surface area contributed by atoms with Crippen LogP contribution in [0, 0.1) is 20.8 Å². The monoisotopic (exact) mass is 512 g/mol. The van der Waals surface area contributed by atoms with Crippen molar-refractivity contribution in [3.63, 3.8) is 0 Å². The van der Waals surface area contributed by atoms with Gasteiger partial charge in [-0.05, 0) is 55.7 Å². The van der Waals surface area contributed by atoms with Gasteiger partial charge in [-0.2, -0.15) is 0 Å². The number of aliphatic hydroxyl groups excluding tert-OH is 1. The first-order valence-electron chi connectivity index (χ1n) is 11.6. The first-order chi connectivity index (χ1) is 17.7. The highest BCUT2D eigenvalue weighted by Crippen LogP contribution is 2.44. The number of anilines is 1. The van der Waals surface area contributed by atoms with Crippen molar-refractivity contribution in [1.29, 1.82) is 0 Å². The second-order valence-electron chi connectivity index (χ2n) is 9.07. The predicted molar refractivity (Wildman–Crippen MR) is 143 cm³/mol. The zero-order valence-corrected chi connectivity index (χ0v) is 21.6. The number of aromatic nitrogens is 1. The van der Waals surface area contributed by atoms with Gasteiger partial charge in [-0.25, -0.2) is 9.78 Å². The number of methoxy groups -OCH3 is 1. The summed E-state index contributed by atoms with van der Waals surface area (Å²) in [5.41, 5.74) is 5.05. The number of aryl methyl sites for hydroxylation is 3. The summed E-state index contributed by atoms with van der Waals surface area (Å²) in [6.07, 6.45) is 0. The maximum Gasteiger partial charge on any atom is 0.337 e. The highest BCUT2D eigenvalue weighted by atomic mass is 32.1. The van der Waals surface area contributed by atoms with E-state index in [1.54, 1.807) is 36.4 Å². The fourth-order valence-corrected chi connectivity index (χ4v) is 5.76. The highest BCUT2D eigenvalue weighted by molar-refractivity contribution is 7.22. The number of thiazole rings is 1. The van der Waals surface area contributed by atoms with Crippen LogP contribution in [0.2, 0.25) is 0 Å². The number of ether oxygens (including phenoxy) is 1. The van der Waals surface area contributed by atoms with E-state index < -0.39 is 23.7 Å². The molecule has 1 aromatic heterocycles. The van der Waals surface area contributed by atoms with Crippen molar-refractivity contribution >= 4 is 50.1 Å². The van der Waals surface area contributed by atoms with Crippen LogP contribution in [0.1, 0.15) is 44.2 Å². The van der Waals surface area contributed by atoms with Gasteiger partial charge in [0, 0.05) is 5.56 Å². The summed E-state index contributed by atoms with van der Waals surface area (Å²) in [5, 5.41) is 11.6. The Hall–Kier alpha value is -4.30. The van der Waals surface area contributed by atoms with E-state index in [1.165, 1.54) is 23.3 Å². The zero-order valence-electron chi connectivity index (χ0n) is 20.7. The average molecular weight is 513 g/mol. The molecule has 3 aromatic carbocycles. The van der Waals surface area contributed by atoms with E-state index in [0.717, 1.165) is 26.9 Å². The largest absolute Gasteiger partial charge is 0.507 e. The smallest absolute Gasteiger partial charge is 0.337 e. The lowest BCUT2D eigenvalue weighted by atomic mass is 9.94. The lowest BCUT2D eigenvalue weighted by Crippen LogP contribution is -2.29. The van der Waals surface area contributed by atoms with Crippen molar-refractivity contribution in [2.24, 2.45) is 0 Å². The summed E-state index contributed by atoms with van der Waals surface area (Å²) in [4.78, 5) is 44.9. The molecule has 2 heterocycles. The Morgan fingerprint density at radius 3 is 2.24 bits per heavy atom. The Bertz CT molecular complexity index is 1600. The Balaban J connectivity index is 1.72. The quantitative estimate of drug-likeness (QED) is 0.165. The standard InChI is InChI=1S/C29H24N2O5S/c1-15-5-7-19(8-6-15)25(32)22-24(18-9-11-20(12-10-18)28(35)36-4)31(27(34)26(22)33)29-30-23-17(3)13-16(2)14-21(23)37-29/h5-14,24,32H,1-4H3/t24-/m1/s1. The van der Waals surface area contributed by atoms with Crippen molar-refractivity contribution < 1.29 is 24.2 Å². The lowest BCUT2D eigenvalue weighted by Gasteiger charge is -2.23. The van der Waals surface area contributed by atoms with Gasteiger partial charge in [0.25, 0.3) is 5.78 Å². The molecule has 4 aromatic rings. The molecule has 1 atom stereocenters. The summed E-state index contributed by atoms with van der Waals surface area (Å²) >= 11 is 1.31. The third-order valence-electron chi connectivity index (χ3n) is 6.44. The summed E-state index contributed by atoms with van der Waals surface area (Å²) in [7, 11) is 1.30. The van der Waals surface area contributed by atoms with Gasteiger partial charge in [-0.3, -0.25) is 14.5 Å². The van der Waals surface area contributed by atoms with Crippen molar-refractivity contribution in [3.05, 3.63) is 99.6 Å². The Morgan fingerprint density at radius 2 is 1.59 bits per heavy atom. The van der Waals surface area contributed by atoms with Gasteiger partial charge in [0.05, 0.1) is 34.5 Å². The molecule has 1 aliphatic rings. The molecule has 0 saturated carbocycles. The van der Waals surface area contributed by atoms with Gasteiger partial charge in [0.15, 0.2) is 5.13 Å². The average Bonchev–Trinajstić information content (AvgIpc) is 3.42. The molecule has 0 radical (unpaired) electrons. The minimum absolute atomic E-state index is 0.0353. The van der Waals surface area contributed by atoms with Gasteiger partial charge < -0.3 is 9.84 Å². The number of benzene rings is 3. The molecule has 1 N–H and O–H groups in total. The van der Waals surface area contributed by atoms with Crippen LogP contribution in [-0.4, -0.2) is 34.9 Å². The Kier molecular flexibility index (Phi) is 6.13. The second-order valence-corrected chi connectivity index (χ2v) is 10.1. The van der Waals surface area contributed by atoms with E-state index in [4.69, 9.17) is 9.72 Å². The minimum Gasteiger partial charge on any atom is -0.507 e. The molecule has 1 amide bonds. The van der Waals surface area contributed by atoms with E-state index in [0.29, 0.717) is 21.8 Å². The van der Waals surface area contributed by atoms with Crippen LogP contribution >= 0.6 is 11.3 Å². The van der Waals surface area contributed by atoms with Crippen molar-refractivity contribution in [2.75, 3.05) is 12.0 Å². The number of fused-ring (bicyclic) bond motifs is 1. The maximum absolute atomic E-state index is 13.5. The zero-order chi connectivity index (χ0) is 26.4. The van der Waals surface area contributed by atoms with Gasteiger partial charge in [0.2, 0.25) is 0 Å². The fraction of sp³-hybridized carbons (Fsp3) is 0.172. The lowest BCUT2D eigenvalue weighted by molar-refractivity contribution is -0.132. The number of hydrogen-bond acceptors (Lipinski definition) is 7. The summed E-state index contributed by atoms with van der Waals surface area (Å²) < 4.78 is 5.69. The predicted octanol–water partition coefficient (Wildman–Crippen LogP) is 5.63. The number of rotatable bonds is 4. The van der Waals surface area contributed by atoms with Gasteiger partial charge in [0.1, 0.15) is 5.76 Å². The molecular formula is C29H24N2O5S. The van der Waals surface area contributed by atoms with Crippen molar-refractivity contribution in [1.82, 2.24) is 4.98 Å². The van der Waals surface area contributed by atoms with Crippen molar-refractivity contribution in [3.8, 4) is 0 Å². The number of nitrogens with zero attached hydrogens (tertiary/aromatic N) is 2. The van der Waals surface area contributed by atoms with E-state index in [9.17, 15) is 19.5 Å². The Labute approximate surface area is 217 Å². The molecule has 5 rings (SSSR count). The molecule has 0 unspecified atom stereocenters. The van der Waals surface area contributed by atoms with Gasteiger partial charge in [-0.1, -0.05) is 59.4 Å². The van der Waals surface area contributed by atoms with Crippen LogP contribution in [0.3, 0.4) is 0 Å². The number of aliphatic hydroxyl groups is 1. The number of carbonyl (C=O) groups excluding carboxylic acids is 3. The number of esters is 1. The first kappa shape index (κ1) is 24.4. The number of Topliss-reactive ketones (excluding diaryl/α,β-unsaturated/α-hetero) is 1. The Morgan fingerprint density at radius 1 is 0.946 bits per heavy atom. The molecule has 1 aliphatic heterocycles. The molecule has 7 nitrogen and oxygen atoms in total. The third kappa shape index (κ3) is 4.19. The summed E-state index contributed by atoms with van der Waals surface area (Å²) in [6, 6.07) is 16.6. The number of hydrogen-bond donors (Lipinski definition) is 1. The molecule has 186 valence electrons. The van der Waals surface area contributed by atoms with Crippen LogP contribution < -0.4 is 4.90 Å². The highest BCUT2D eigenvalue weighted by Gasteiger charge is 2.48. The van der Waals surface area contributed by atoms with Crippen LogP contribution in [0.5, 0.6) is 0 Å². The maximum atomic E-state index is 13.5. The molecule has 37 heavy (non-hydrogen) atoms. The SMILES string of the molecule is COC(=O)c1ccc([C@@H]2C(=C(O)c3ccc(C)cc3)C(=O)C(=O)N2c2nc3c(C)cc(C)cc3s2)cc1. The van der Waals surface area contributed by atoms with Crippen molar-refractivity contribution in [2.45, 2.75) is 26.8 Å². The van der Waals surface area contributed by atoms with Crippen LogP contribution in [0.15, 0.2) is 66.2 Å². The minimum atomic E-state index is -0.935. The summed E-state index contributed by atoms with van der Waals surface area (Å²) in [5.74, 6) is -2.34. The molecule has 0 aliphatic carbocycles. The number of carbonyl (C=O) groups is 3. The van der Waals surface area contributed by atoms with E-state index in [-0.39, 0.29) is 11.3 Å². The first-order valence-corrected chi connectivity index (χ1v) is 12.5. The molecule has 1 fully saturated rings. The van der Waals surface area contributed by atoms with Gasteiger partial charge in [-0.15, -0.1) is 0 Å². The summed E-state index contributed by atoms with van der Waals surface area (Å²) in [6.45, 7) is 5.86. The molecular weight excluding hydrogens is 488 g/mol. The molecule has 0 bridgehead atoms. The van der Waals surface area contributed by atoms with E-state index in [2.05, 4.69) is 0 Å². The van der Waals surface area contributed by atoms with E-state index >= 15 is 0 Å². The van der Waals surface area contributed by atoms with Crippen LogP contribution in [0.25, 0.3) is 16.0 Å². The van der Waals surface area contributed by atoms with Gasteiger partial charge >= 0.3 is 11.9 Å². The molecule has 0 spiro atoms. The third-order valence-corrected chi connectivity index (χ3v) is 7.44. The number of amides is 1. The van der Waals surface area contributed by atoms with Crippen LogP contribution in [0.4, 0.5) is 5.13 Å². The molecule has 8 heteroatoms. The van der Waals surface area contributed by atoms with Crippen LogP contribution in [-0.2, 0) is 14.3 Å².